The van der Waals surface area contributed by atoms with Crippen molar-refractivity contribution < 1.29 is 9.59 Å². The van der Waals surface area contributed by atoms with Crippen LogP contribution in [0.15, 0.2) is 28.8 Å². The molecule has 2 amide bonds. The van der Waals surface area contributed by atoms with Crippen molar-refractivity contribution in [2.75, 3.05) is 11.1 Å². The molecule has 8 heteroatoms. The number of nitriles is 2. The highest BCUT2D eigenvalue weighted by molar-refractivity contribution is 8.03. The lowest BCUT2D eigenvalue weighted by Crippen LogP contribution is -2.44. The van der Waals surface area contributed by atoms with Gasteiger partial charge in [-0.15, -0.1) is 0 Å². The second kappa shape index (κ2) is 7.82. The van der Waals surface area contributed by atoms with E-state index in [2.05, 4.69) is 16.7 Å². The van der Waals surface area contributed by atoms with Gasteiger partial charge in [0, 0.05) is 16.1 Å². The number of nitrogens with one attached hydrogen (secondary N) is 2. The van der Waals surface area contributed by atoms with Gasteiger partial charge in [-0.05, 0) is 24.6 Å². The predicted molar refractivity (Wildman–Crippen MR) is 101 cm³/mol. The Morgan fingerprint density at radius 2 is 2.12 bits per heavy atom. The third-order valence-electron chi connectivity index (χ3n) is 4.22. The molecule has 0 aromatic heterocycles. The Kier molecular flexibility index (Phi) is 5.97. The molecule has 0 radical (unpaired) electrons. The molecule has 134 valence electrons. The molecule has 1 aromatic rings. The zero-order chi connectivity index (χ0) is 19.5. The monoisotopic (exact) mass is 388 g/mol. The molecule has 1 heterocycles. The van der Waals surface area contributed by atoms with Gasteiger partial charge >= 0.3 is 0 Å². The first-order valence-electron chi connectivity index (χ1n) is 7.75. The van der Waals surface area contributed by atoms with Gasteiger partial charge in [-0.25, -0.2) is 0 Å². The molecule has 26 heavy (non-hydrogen) atoms. The van der Waals surface area contributed by atoms with Gasteiger partial charge in [0.25, 0.3) is 0 Å². The lowest BCUT2D eigenvalue weighted by Gasteiger charge is -2.34. The lowest BCUT2D eigenvalue weighted by atomic mass is 9.72. The molecule has 0 saturated heterocycles. The van der Waals surface area contributed by atoms with E-state index in [9.17, 15) is 20.1 Å². The average molecular weight is 389 g/mol. The number of allylic oxidation sites excluding steroid dienone is 1. The summed E-state index contributed by atoms with van der Waals surface area (Å²) < 4.78 is 0. The molecule has 6 nitrogen and oxygen atoms in total. The Morgan fingerprint density at radius 1 is 1.42 bits per heavy atom. The molecular weight excluding hydrogens is 372 g/mol. The number of thioether (sulfide) groups is 1. The van der Waals surface area contributed by atoms with Crippen LogP contribution in [-0.2, 0) is 9.59 Å². The highest BCUT2D eigenvalue weighted by atomic mass is 35.5. The molecular formula is C18H17ClN4O2S. The second-order valence-corrected chi connectivity index (χ2v) is 7.73. The van der Waals surface area contributed by atoms with Gasteiger partial charge in [-0.2, -0.15) is 10.5 Å². The van der Waals surface area contributed by atoms with E-state index in [1.165, 1.54) is 0 Å². The number of halogens is 1. The van der Waals surface area contributed by atoms with Gasteiger partial charge in [-0.3, -0.25) is 9.59 Å². The third kappa shape index (κ3) is 3.85. The molecule has 0 saturated carbocycles. The maximum Gasteiger partial charge on any atom is 0.243 e. The Hall–Kier alpha value is -2.48. The summed E-state index contributed by atoms with van der Waals surface area (Å²) in [5.41, 5.74) is 0.734. The Bertz CT molecular complexity index is 880. The van der Waals surface area contributed by atoms with Crippen molar-refractivity contribution in [3.05, 3.63) is 39.4 Å². The van der Waals surface area contributed by atoms with E-state index in [-0.39, 0.29) is 11.7 Å². The van der Waals surface area contributed by atoms with Gasteiger partial charge in [-0.1, -0.05) is 43.3 Å². The van der Waals surface area contributed by atoms with Gasteiger partial charge in [0.2, 0.25) is 11.8 Å². The number of benzene rings is 1. The molecule has 1 aromatic carbocycles. The number of carbonyl (C=O) groups excluding carboxylic acids is 2. The molecule has 1 aliphatic rings. The van der Waals surface area contributed by atoms with Crippen LogP contribution in [0.2, 0.25) is 5.02 Å². The van der Waals surface area contributed by atoms with Crippen LogP contribution in [0.1, 0.15) is 19.4 Å². The quantitative estimate of drug-likeness (QED) is 0.822. The Morgan fingerprint density at radius 3 is 2.73 bits per heavy atom. The van der Waals surface area contributed by atoms with Crippen molar-refractivity contribution in [3.63, 3.8) is 0 Å². The number of nitrogens with zero attached hydrogens (tertiary/aromatic N) is 2. The average Bonchev–Trinajstić information content (AvgIpc) is 2.56. The van der Waals surface area contributed by atoms with Gasteiger partial charge in [0.15, 0.2) is 0 Å². The number of rotatable bonds is 4. The van der Waals surface area contributed by atoms with E-state index >= 15 is 0 Å². The predicted octanol–water partition coefficient (Wildman–Crippen LogP) is 3.35. The highest BCUT2D eigenvalue weighted by Gasteiger charge is 2.44. The maximum absolute atomic E-state index is 12.2. The molecule has 1 atom stereocenters. The summed E-state index contributed by atoms with van der Waals surface area (Å²) in [6.07, 6.45) is 0. The molecule has 2 rings (SSSR count). The van der Waals surface area contributed by atoms with Crippen molar-refractivity contribution in [2.24, 2.45) is 11.3 Å². The summed E-state index contributed by atoms with van der Waals surface area (Å²) in [4.78, 5) is 24.4. The lowest BCUT2D eigenvalue weighted by molar-refractivity contribution is -0.125. The first-order chi connectivity index (χ1) is 12.2. The zero-order valence-corrected chi connectivity index (χ0v) is 16.1. The number of hydrogen-bond acceptors (Lipinski definition) is 5. The summed E-state index contributed by atoms with van der Waals surface area (Å²) in [5.74, 6) is -1.71. The van der Waals surface area contributed by atoms with E-state index in [4.69, 9.17) is 11.6 Å². The van der Waals surface area contributed by atoms with E-state index in [1.54, 1.807) is 39.0 Å². The smallest absolute Gasteiger partial charge is 0.243 e. The summed E-state index contributed by atoms with van der Waals surface area (Å²) in [5, 5.41) is 24.9. The maximum atomic E-state index is 12.2. The van der Waals surface area contributed by atoms with Crippen LogP contribution in [-0.4, -0.2) is 17.6 Å². The first kappa shape index (κ1) is 19.8. The van der Waals surface area contributed by atoms with Crippen molar-refractivity contribution in [3.8, 4) is 12.1 Å². The van der Waals surface area contributed by atoms with Gasteiger partial charge in [0.1, 0.15) is 5.92 Å². The molecule has 0 unspecified atom stereocenters. The number of carbonyl (C=O) groups is 2. The van der Waals surface area contributed by atoms with Crippen molar-refractivity contribution in [1.82, 2.24) is 5.32 Å². The second-order valence-electron chi connectivity index (χ2n) is 6.34. The van der Waals surface area contributed by atoms with E-state index in [0.29, 0.717) is 21.3 Å². The fourth-order valence-electron chi connectivity index (χ4n) is 2.60. The fraction of sp³-hybridized carbons (Fsp3) is 0.333. The third-order valence-corrected chi connectivity index (χ3v) is 5.63. The Balaban J connectivity index is 2.15. The van der Waals surface area contributed by atoms with Crippen LogP contribution in [0.5, 0.6) is 0 Å². The highest BCUT2D eigenvalue weighted by Crippen LogP contribution is 2.41. The largest absolute Gasteiger partial charge is 0.325 e. The summed E-state index contributed by atoms with van der Waals surface area (Å²) in [6, 6.07) is 9.21. The summed E-state index contributed by atoms with van der Waals surface area (Å²) in [7, 11) is 0. The van der Waals surface area contributed by atoms with Crippen LogP contribution in [0.4, 0.5) is 5.69 Å². The summed E-state index contributed by atoms with van der Waals surface area (Å²) in [6.45, 7) is 5.15. The molecule has 0 fully saturated rings. The minimum Gasteiger partial charge on any atom is -0.325 e. The van der Waals surface area contributed by atoms with Crippen LogP contribution in [0, 0.1) is 40.9 Å². The normalized spacial score (nSPS) is 18.5. The molecule has 0 aliphatic carbocycles. The van der Waals surface area contributed by atoms with Crippen LogP contribution in [0.25, 0.3) is 0 Å². The van der Waals surface area contributed by atoms with Crippen molar-refractivity contribution >= 4 is 40.9 Å². The van der Waals surface area contributed by atoms with Crippen LogP contribution in [0.3, 0.4) is 0 Å². The topological polar surface area (TPSA) is 106 Å². The zero-order valence-electron chi connectivity index (χ0n) is 14.5. The van der Waals surface area contributed by atoms with Gasteiger partial charge in [0.05, 0.1) is 28.5 Å². The number of hydrogen-bond donors (Lipinski definition) is 2. The Labute approximate surface area is 161 Å². The minimum atomic E-state index is -0.954. The van der Waals surface area contributed by atoms with Crippen LogP contribution < -0.4 is 10.6 Å². The standard InChI is InChI=1S/C18H17ClN4O2S/c1-10-13(19)5-4-6-14(10)22-15(24)9-26-17-12(8-21)18(2,3)11(7-20)16(25)23-17/h4-6,11H,9H2,1-3H3,(H,22,24)(H,23,25)/t11-/m0/s1. The van der Waals surface area contributed by atoms with E-state index in [1.807, 2.05) is 6.07 Å². The van der Waals surface area contributed by atoms with E-state index in [0.717, 1.165) is 17.3 Å². The molecule has 0 bridgehead atoms. The SMILES string of the molecule is Cc1c(Cl)cccc1NC(=O)CSC1=C(C#N)C(C)(C)[C@@H](C#N)C(=O)N1. The number of amides is 2. The van der Waals surface area contributed by atoms with Crippen molar-refractivity contribution in [2.45, 2.75) is 20.8 Å². The van der Waals surface area contributed by atoms with Gasteiger partial charge < -0.3 is 10.6 Å². The van der Waals surface area contributed by atoms with Crippen molar-refractivity contribution in [1.29, 1.82) is 10.5 Å². The first-order valence-corrected chi connectivity index (χ1v) is 9.11. The minimum absolute atomic E-state index is 0.0000465. The van der Waals surface area contributed by atoms with Crippen LogP contribution >= 0.6 is 23.4 Å². The number of anilines is 1. The fourth-order valence-corrected chi connectivity index (χ4v) is 3.75. The molecule has 0 spiro atoms. The van der Waals surface area contributed by atoms with E-state index < -0.39 is 17.2 Å². The summed E-state index contributed by atoms with van der Waals surface area (Å²) >= 11 is 7.09. The molecule has 2 N–H and O–H groups in total. The molecule has 1 aliphatic heterocycles.